The Kier molecular flexibility index (Phi) is 10.3. The number of benzene rings is 2. The van der Waals surface area contributed by atoms with Gasteiger partial charge in [-0.3, -0.25) is 4.99 Å². The first-order chi connectivity index (χ1) is 11.2. The van der Waals surface area contributed by atoms with Crippen molar-refractivity contribution in [3.05, 3.63) is 54.1 Å². The zero-order valence-electron chi connectivity index (χ0n) is 13.3. The first kappa shape index (κ1) is 20.2. The molecule has 0 radical (unpaired) electrons. The van der Waals surface area contributed by atoms with E-state index in [-0.39, 0.29) is 0 Å². The Bertz CT molecular complexity index is 601. The van der Waals surface area contributed by atoms with Crippen LogP contribution in [0.2, 0.25) is 0 Å². The fourth-order valence-electron chi connectivity index (χ4n) is 2.20. The van der Waals surface area contributed by atoms with Crippen LogP contribution in [-0.2, 0) is 17.0 Å². The van der Waals surface area contributed by atoms with E-state index in [0.717, 1.165) is 29.5 Å². The predicted octanol–water partition coefficient (Wildman–Crippen LogP) is 6.04. The Morgan fingerprint density at radius 1 is 1.04 bits per heavy atom. The van der Waals surface area contributed by atoms with Gasteiger partial charge in [-0.1, -0.05) is 56.3 Å². The molecule has 0 amide bonds. The van der Waals surface area contributed by atoms with Crippen LogP contribution in [0.5, 0.6) is 5.75 Å². The maximum absolute atomic E-state index is 10.4. The molecule has 0 saturated carbocycles. The van der Waals surface area contributed by atoms with Gasteiger partial charge in [0, 0.05) is 23.4 Å². The average molecular weight is 386 g/mol. The van der Waals surface area contributed by atoms with Crippen LogP contribution in [0.4, 0.5) is 0 Å². The van der Waals surface area contributed by atoms with Gasteiger partial charge in [0.05, 0.1) is 0 Å². The van der Waals surface area contributed by atoms with E-state index in [1.807, 2.05) is 48.5 Å². The van der Waals surface area contributed by atoms with Gasteiger partial charge in [0.25, 0.3) is 0 Å². The molecule has 23 heavy (non-hydrogen) atoms. The van der Waals surface area contributed by atoms with E-state index in [1.54, 1.807) is 6.21 Å². The van der Waals surface area contributed by atoms with Crippen LogP contribution < -0.4 is 0 Å². The molecule has 2 nitrogen and oxygen atoms in total. The van der Waals surface area contributed by atoms with Crippen LogP contribution in [0.15, 0.2) is 53.5 Å². The number of para-hydroxylation sites is 1. The molecule has 2 rings (SSSR count). The van der Waals surface area contributed by atoms with Gasteiger partial charge in [0.2, 0.25) is 0 Å². The molecule has 0 aliphatic carbocycles. The molecule has 0 aromatic heterocycles. The summed E-state index contributed by atoms with van der Waals surface area (Å²) in [7, 11) is 9.78. The van der Waals surface area contributed by atoms with Crippen LogP contribution in [0.25, 0.3) is 11.1 Å². The number of aromatic hydroxyl groups is 1. The van der Waals surface area contributed by atoms with Crippen molar-refractivity contribution in [1.29, 1.82) is 0 Å². The molecular formula is C18H21Cl2NOTi. The van der Waals surface area contributed by atoms with E-state index < -0.39 is 17.0 Å². The Labute approximate surface area is 155 Å². The summed E-state index contributed by atoms with van der Waals surface area (Å²) < 4.78 is 0. The zero-order chi connectivity index (χ0) is 17.1. The van der Waals surface area contributed by atoms with Crippen molar-refractivity contribution >= 4 is 24.8 Å². The maximum atomic E-state index is 10.4. The summed E-state index contributed by atoms with van der Waals surface area (Å²) in [6, 6.07) is 16.0. The van der Waals surface area contributed by atoms with Crippen LogP contribution in [-0.4, -0.2) is 17.4 Å². The minimum absolute atomic E-state index is 0.299. The summed E-state index contributed by atoms with van der Waals surface area (Å²) in [6.45, 7) is 4.26. The van der Waals surface area contributed by atoms with Crippen LogP contribution in [0.3, 0.4) is 0 Å². The molecule has 5 heteroatoms. The molecule has 0 aliphatic rings. The molecule has 1 N–H and O–H groups in total. The molecule has 0 saturated heterocycles. The fraction of sp³-hybridized carbons (Fsp3) is 0.278. The van der Waals surface area contributed by atoms with Gasteiger partial charge in [0.15, 0.2) is 0 Å². The number of halogens is 2. The number of phenols is 1. The summed E-state index contributed by atoms with van der Waals surface area (Å²) >= 11 is -0.556. The van der Waals surface area contributed by atoms with Gasteiger partial charge in [-0.2, -0.15) is 0 Å². The summed E-state index contributed by atoms with van der Waals surface area (Å²) in [5.41, 5.74) is 2.64. The summed E-state index contributed by atoms with van der Waals surface area (Å²) in [5.74, 6) is 0.299. The van der Waals surface area contributed by atoms with Gasteiger partial charge in [-0.15, -0.1) is 0 Å². The summed E-state index contributed by atoms with van der Waals surface area (Å²) in [6.07, 6.45) is 3.83. The second-order valence-corrected chi connectivity index (χ2v) is 7.51. The summed E-state index contributed by atoms with van der Waals surface area (Å²) in [4.78, 5) is 4.54. The van der Waals surface area contributed by atoms with Crippen LogP contribution in [0.1, 0.15) is 32.3 Å². The van der Waals surface area contributed by atoms with Gasteiger partial charge >= 0.3 is 35.6 Å². The molecule has 0 aliphatic heterocycles. The topological polar surface area (TPSA) is 32.6 Å². The van der Waals surface area contributed by atoms with E-state index in [2.05, 4.69) is 18.8 Å². The van der Waals surface area contributed by atoms with Crippen molar-refractivity contribution in [2.24, 2.45) is 4.99 Å². The van der Waals surface area contributed by atoms with Crippen molar-refractivity contribution in [2.45, 2.75) is 32.7 Å². The average Bonchev–Trinajstić information content (AvgIpc) is 2.58. The molecule has 0 bridgehead atoms. The SMILES string of the molecule is CCC(CC)N=Cc1cccc(-c2ccccc2)c1O.[Cl][Ti][Cl]. The third-order valence-corrected chi connectivity index (χ3v) is 3.52. The van der Waals surface area contributed by atoms with E-state index in [4.69, 9.17) is 18.6 Å². The van der Waals surface area contributed by atoms with Gasteiger partial charge < -0.3 is 5.11 Å². The first-order valence-electron chi connectivity index (χ1n) is 7.54. The Hall–Kier alpha value is -0.796. The number of hydrogen-bond acceptors (Lipinski definition) is 2. The number of hydrogen-bond donors (Lipinski definition) is 1. The van der Waals surface area contributed by atoms with Gasteiger partial charge in [0.1, 0.15) is 5.75 Å². The molecule has 2 aromatic carbocycles. The number of nitrogens with zero attached hydrogens (tertiary/aromatic N) is 1. The van der Waals surface area contributed by atoms with E-state index in [0.29, 0.717) is 11.8 Å². The van der Waals surface area contributed by atoms with Crippen molar-refractivity contribution < 1.29 is 22.1 Å². The molecule has 0 atom stereocenters. The van der Waals surface area contributed by atoms with Gasteiger partial charge in [-0.05, 0) is 24.5 Å². The summed E-state index contributed by atoms with van der Waals surface area (Å²) in [5, 5.41) is 10.4. The normalized spacial score (nSPS) is 10.5. The predicted molar refractivity (Wildman–Crippen MR) is 97.2 cm³/mol. The number of rotatable bonds is 5. The Balaban J connectivity index is 0.000000816. The number of phenolic OH excluding ortho intramolecular Hbond substituents is 1. The third kappa shape index (κ3) is 6.68. The van der Waals surface area contributed by atoms with E-state index in [1.165, 1.54) is 0 Å². The first-order valence-corrected chi connectivity index (χ1v) is 11.8. The van der Waals surface area contributed by atoms with Gasteiger partial charge in [-0.25, -0.2) is 0 Å². The molecular weight excluding hydrogens is 365 g/mol. The van der Waals surface area contributed by atoms with Crippen molar-refractivity contribution in [3.8, 4) is 16.9 Å². The fourth-order valence-corrected chi connectivity index (χ4v) is 2.20. The van der Waals surface area contributed by atoms with Crippen molar-refractivity contribution in [3.63, 3.8) is 0 Å². The van der Waals surface area contributed by atoms with Crippen molar-refractivity contribution in [1.82, 2.24) is 0 Å². The second-order valence-electron chi connectivity index (χ2n) is 4.93. The standard InChI is InChI=1S/C18H21NO.2ClH.Ti/c1-3-16(4-2)19-13-15-11-8-12-17(18(15)20)14-9-6-5-7-10-14;;;/h5-13,16,20H,3-4H2,1-2H3;2*1H;/q;;;+2/p-2. The minimum atomic E-state index is -0.556. The van der Waals surface area contributed by atoms with Crippen LogP contribution >= 0.6 is 18.6 Å². The second kappa shape index (κ2) is 11.7. The van der Waals surface area contributed by atoms with E-state index in [9.17, 15) is 5.11 Å². The molecule has 0 spiro atoms. The Morgan fingerprint density at radius 2 is 1.65 bits per heavy atom. The number of aliphatic imine (C=N–C) groups is 1. The Morgan fingerprint density at radius 3 is 2.22 bits per heavy atom. The third-order valence-electron chi connectivity index (χ3n) is 3.52. The van der Waals surface area contributed by atoms with Crippen molar-refractivity contribution in [2.75, 3.05) is 0 Å². The molecule has 0 unspecified atom stereocenters. The molecule has 0 fully saturated rings. The molecule has 0 heterocycles. The molecule has 122 valence electrons. The quantitative estimate of drug-likeness (QED) is 0.493. The monoisotopic (exact) mass is 385 g/mol. The zero-order valence-corrected chi connectivity index (χ0v) is 16.4. The van der Waals surface area contributed by atoms with Crippen LogP contribution in [0, 0.1) is 0 Å². The molecule has 2 aromatic rings. The van der Waals surface area contributed by atoms with E-state index >= 15 is 0 Å².